The largest absolute Gasteiger partial charge is 0.511 e. The summed E-state index contributed by atoms with van der Waals surface area (Å²) in [4.78, 5) is 38.8. The lowest BCUT2D eigenvalue weighted by molar-refractivity contribution is -0.145. The van der Waals surface area contributed by atoms with Gasteiger partial charge in [-0.05, 0) is 54.4 Å². The molecule has 0 radical (unpaired) electrons. The summed E-state index contributed by atoms with van der Waals surface area (Å²) >= 11 is 0. The van der Waals surface area contributed by atoms with Crippen molar-refractivity contribution in [1.29, 1.82) is 0 Å². The maximum atomic E-state index is 12.1. The van der Waals surface area contributed by atoms with E-state index in [1.807, 2.05) is 20.8 Å². The predicted octanol–water partition coefficient (Wildman–Crippen LogP) is 3.76. The molecular formula is C26H46N2O9. The Hall–Kier alpha value is -2.53. The molecule has 2 aliphatic rings. The van der Waals surface area contributed by atoms with Gasteiger partial charge in [-0.2, -0.15) is 0 Å². The highest BCUT2D eigenvalue weighted by atomic mass is 16.6. The molecule has 0 aliphatic carbocycles. The zero-order valence-corrected chi connectivity index (χ0v) is 23.9. The number of nitrogens with zero attached hydrogens (tertiary/aromatic N) is 2. The van der Waals surface area contributed by atoms with E-state index in [1.54, 1.807) is 35.0 Å². The van der Waals surface area contributed by atoms with Crippen molar-refractivity contribution in [3.8, 4) is 0 Å². The second kappa shape index (κ2) is 13.9. The molecule has 37 heavy (non-hydrogen) atoms. The normalized spacial score (nSPS) is 23.7. The maximum Gasteiger partial charge on any atom is 0.411 e. The number of hydrogen-bond acceptors (Lipinski definition) is 9. The SMILES string of the molecule is C=C(O)C1CC(COC)CN1C(=O)OC(C)(C)C.COCC1CC(C(=O)OC)N(C(=O)OC(C)(C)C)C1. The molecule has 2 fully saturated rings. The number of rotatable bonds is 6. The highest BCUT2D eigenvalue weighted by molar-refractivity contribution is 5.82. The summed E-state index contributed by atoms with van der Waals surface area (Å²) < 4.78 is 25.6. The van der Waals surface area contributed by atoms with Gasteiger partial charge in [0.1, 0.15) is 23.0 Å². The fraction of sp³-hybridized carbons (Fsp3) is 0.808. The van der Waals surface area contributed by atoms with Crippen LogP contribution in [0.3, 0.4) is 0 Å². The first-order valence-electron chi connectivity index (χ1n) is 12.5. The molecule has 2 heterocycles. The molecule has 0 saturated carbocycles. The molecule has 0 bridgehead atoms. The molecule has 4 atom stereocenters. The lowest BCUT2D eigenvalue weighted by Gasteiger charge is -2.28. The average Bonchev–Trinajstić information content (AvgIpc) is 3.37. The highest BCUT2D eigenvalue weighted by Gasteiger charge is 2.42. The van der Waals surface area contributed by atoms with E-state index in [4.69, 9.17) is 23.7 Å². The number of likely N-dealkylation sites (tertiary alicyclic amines) is 2. The molecule has 2 rings (SSSR count). The van der Waals surface area contributed by atoms with E-state index in [-0.39, 0.29) is 23.6 Å². The number of ether oxygens (including phenoxy) is 5. The fourth-order valence-corrected chi connectivity index (χ4v) is 4.28. The number of amides is 2. The van der Waals surface area contributed by atoms with Crippen LogP contribution in [0.2, 0.25) is 0 Å². The summed E-state index contributed by atoms with van der Waals surface area (Å²) in [7, 11) is 4.54. The average molecular weight is 531 g/mol. The minimum Gasteiger partial charge on any atom is -0.511 e. The molecule has 0 aromatic carbocycles. The van der Waals surface area contributed by atoms with Crippen molar-refractivity contribution in [2.75, 3.05) is 47.6 Å². The lowest BCUT2D eigenvalue weighted by Crippen LogP contribution is -2.43. The quantitative estimate of drug-likeness (QED) is 0.310. The first kappa shape index (κ1) is 32.5. The van der Waals surface area contributed by atoms with E-state index < -0.39 is 35.4 Å². The molecule has 1 N–H and O–H groups in total. The standard InChI is InChI=1S/C13H23NO5.C13H23NO4/c1-13(2,3)19-12(16)14-7-9(8-17-4)6-10(14)11(15)18-5;1-9(15)11-6-10(8-17-5)7-14(11)12(16)18-13(2,3)4/h9-10H,6-8H2,1-5H3;10-11,15H,1,6-8H2,2-5H3. The van der Waals surface area contributed by atoms with Gasteiger partial charge in [0.2, 0.25) is 0 Å². The Morgan fingerprint density at radius 2 is 1.16 bits per heavy atom. The number of aliphatic hydroxyl groups excluding tert-OH is 1. The van der Waals surface area contributed by atoms with Gasteiger partial charge < -0.3 is 28.8 Å². The number of carbonyl (C=O) groups is 3. The van der Waals surface area contributed by atoms with Crippen molar-refractivity contribution in [2.45, 2.75) is 77.7 Å². The minimum absolute atomic E-state index is 0.000498. The summed E-state index contributed by atoms with van der Waals surface area (Å²) in [6, 6.07) is -0.958. The molecule has 2 amide bonds. The number of hydrogen-bond donors (Lipinski definition) is 1. The van der Waals surface area contributed by atoms with Crippen molar-refractivity contribution in [3.63, 3.8) is 0 Å². The van der Waals surface area contributed by atoms with Crippen molar-refractivity contribution in [1.82, 2.24) is 9.80 Å². The molecule has 0 aromatic heterocycles. The zero-order valence-electron chi connectivity index (χ0n) is 23.9. The van der Waals surface area contributed by atoms with Gasteiger partial charge in [0.25, 0.3) is 0 Å². The van der Waals surface area contributed by atoms with Gasteiger partial charge in [-0.1, -0.05) is 6.58 Å². The van der Waals surface area contributed by atoms with Crippen LogP contribution in [0.15, 0.2) is 12.3 Å². The van der Waals surface area contributed by atoms with Gasteiger partial charge in [0, 0.05) is 39.1 Å². The van der Waals surface area contributed by atoms with Gasteiger partial charge in [-0.15, -0.1) is 0 Å². The van der Waals surface area contributed by atoms with E-state index in [2.05, 4.69) is 6.58 Å². The van der Waals surface area contributed by atoms with Crippen molar-refractivity contribution in [3.05, 3.63) is 12.3 Å². The Morgan fingerprint density at radius 3 is 1.49 bits per heavy atom. The molecular weight excluding hydrogens is 484 g/mol. The third kappa shape index (κ3) is 10.8. The number of esters is 1. The molecule has 0 aromatic rings. The van der Waals surface area contributed by atoms with E-state index in [9.17, 15) is 19.5 Å². The van der Waals surface area contributed by atoms with Crippen LogP contribution < -0.4 is 0 Å². The molecule has 214 valence electrons. The Bertz CT molecular complexity index is 788. The summed E-state index contributed by atoms with van der Waals surface area (Å²) in [6.07, 6.45) is 0.296. The summed E-state index contributed by atoms with van der Waals surface area (Å²) in [5.41, 5.74) is -1.13. The van der Waals surface area contributed by atoms with Crippen LogP contribution >= 0.6 is 0 Å². The van der Waals surface area contributed by atoms with Gasteiger partial charge >= 0.3 is 18.2 Å². The second-order valence-electron chi connectivity index (χ2n) is 11.4. The Kier molecular flexibility index (Phi) is 12.2. The summed E-state index contributed by atoms with van der Waals surface area (Å²) in [6.45, 7) is 16.4. The summed E-state index contributed by atoms with van der Waals surface area (Å²) in [5.74, 6) is -0.0815. The van der Waals surface area contributed by atoms with E-state index in [1.165, 1.54) is 16.9 Å². The van der Waals surface area contributed by atoms with Gasteiger partial charge in [-0.3, -0.25) is 9.80 Å². The smallest absolute Gasteiger partial charge is 0.411 e. The van der Waals surface area contributed by atoms with E-state index in [0.717, 1.165) is 0 Å². The number of methoxy groups -OCH3 is 3. The Morgan fingerprint density at radius 1 is 0.784 bits per heavy atom. The minimum atomic E-state index is -0.586. The Labute approximate surface area is 221 Å². The zero-order chi connectivity index (χ0) is 28.6. The lowest BCUT2D eigenvalue weighted by atomic mass is 10.1. The van der Waals surface area contributed by atoms with Crippen molar-refractivity contribution in [2.24, 2.45) is 11.8 Å². The summed E-state index contributed by atoms with van der Waals surface area (Å²) in [5, 5.41) is 9.57. The topological polar surface area (TPSA) is 124 Å². The third-order valence-electron chi connectivity index (χ3n) is 5.69. The van der Waals surface area contributed by atoms with Crippen LogP contribution in [0.5, 0.6) is 0 Å². The number of aliphatic hydroxyl groups is 1. The van der Waals surface area contributed by atoms with Crippen LogP contribution in [0, 0.1) is 11.8 Å². The van der Waals surface area contributed by atoms with E-state index in [0.29, 0.717) is 39.1 Å². The predicted molar refractivity (Wildman–Crippen MR) is 137 cm³/mol. The first-order valence-corrected chi connectivity index (χ1v) is 12.5. The van der Waals surface area contributed by atoms with Crippen LogP contribution in [-0.4, -0.2) is 104 Å². The van der Waals surface area contributed by atoms with Crippen molar-refractivity contribution < 1.29 is 43.2 Å². The van der Waals surface area contributed by atoms with Crippen LogP contribution in [0.1, 0.15) is 54.4 Å². The molecule has 11 heteroatoms. The molecule has 2 aliphatic heterocycles. The second-order valence-corrected chi connectivity index (χ2v) is 11.4. The van der Waals surface area contributed by atoms with Gasteiger partial charge in [0.05, 0.1) is 26.4 Å². The fourth-order valence-electron chi connectivity index (χ4n) is 4.28. The maximum absolute atomic E-state index is 12.1. The molecule has 0 spiro atoms. The van der Waals surface area contributed by atoms with Crippen molar-refractivity contribution >= 4 is 18.2 Å². The van der Waals surface area contributed by atoms with Gasteiger partial charge in [-0.25, -0.2) is 14.4 Å². The van der Waals surface area contributed by atoms with Crippen LogP contribution in [0.25, 0.3) is 0 Å². The Balaban J connectivity index is 0.000000371. The molecule has 2 saturated heterocycles. The highest BCUT2D eigenvalue weighted by Crippen LogP contribution is 2.29. The number of carbonyl (C=O) groups excluding carboxylic acids is 3. The van der Waals surface area contributed by atoms with Gasteiger partial charge in [0.15, 0.2) is 0 Å². The monoisotopic (exact) mass is 530 g/mol. The van der Waals surface area contributed by atoms with E-state index >= 15 is 0 Å². The third-order valence-corrected chi connectivity index (χ3v) is 5.69. The molecule has 4 unspecified atom stereocenters. The first-order chi connectivity index (χ1) is 17.0. The van der Waals surface area contributed by atoms with Crippen LogP contribution in [-0.2, 0) is 28.5 Å². The molecule has 11 nitrogen and oxygen atoms in total. The van der Waals surface area contributed by atoms with Crippen LogP contribution in [0.4, 0.5) is 9.59 Å².